The number of aryl methyl sites for hydroxylation is 1. The minimum atomic E-state index is -0.779. The standard InChI is InChI=1S/C26H26ClN3O5/c1-3-35-21-9-8-18(15-20(21)27)24(31)22-23(17-6-4-7-19(14-17)34-2)30(26(33)25(22)32)12-5-11-29-13-10-28-16-29/h4,6-10,13-16,23,31H,3,5,11-12H2,1-2H3/b24-22+/t23-/m1/s1. The maximum atomic E-state index is 13.2. The van der Waals surface area contributed by atoms with Gasteiger partial charge in [0.1, 0.15) is 17.3 Å². The second-order valence-electron chi connectivity index (χ2n) is 8.00. The van der Waals surface area contributed by atoms with Gasteiger partial charge in [0.05, 0.1) is 36.7 Å². The molecule has 1 saturated heterocycles. The van der Waals surface area contributed by atoms with Crippen molar-refractivity contribution >= 4 is 29.1 Å². The molecule has 2 aromatic carbocycles. The maximum Gasteiger partial charge on any atom is 0.295 e. The molecule has 0 aliphatic carbocycles. The third-order valence-corrected chi connectivity index (χ3v) is 6.12. The summed E-state index contributed by atoms with van der Waals surface area (Å²) in [5.74, 6) is -0.658. The van der Waals surface area contributed by atoms with Crippen LogP contribution in [-0.2, 0) is 16.1 Å². The first-order valence-electron chi connectivity index (χ1n) is 11.3. The van der Waals surface area contributed by atoms with Crippen LogP contribution in [0.2, 0.25) is 5.02 Å². The van der Waals surface area contributed by atoms with Gasteiger partial charge >= 0.3 is 0 Å². The highest BCUT2D eigenvalue weighted by Crippen LogP contribution is 2.41. The summed E-state index contributed by atoms with van der Waals surface area (Å²) < 4.78 is 12.7. The van der Waals surface area contributed by atoms with E-state index in [1.165, 1.54) is 11.0 Å². The predicted molar refractivity (Wildman–Crippen MR) is 131 cm³/mol. The molecule has 0 spiro atoms. The van der Waals surface area contributed by atoms with Crippen LogP contribution in [0.5, 0.6) is 11.5 Å². The van der Waals surface area contributed by atoms with Gasteiger partial charge < -0.3 is 24.0 Å². The number of methoxy groups -OCH3 is 1. The van der Waals surface area contributed by atoms with Crippen molar-refractivity contribution in [1.82, 2.24) is 14.5 Å². The molecule has 9 heteroatoms. The van der Waals surface area contributed by atoms with Gasteiger partial charge in [-0.05, 0) is 49.2 Å². The predicted octanol–water partition coefficient (Wildman–Crippen LogP) is 4.46. The van der Waals surface area contributed by atoms with Crippen LogP contribution in [0.1, 0.15) is 30.5 Å². The number of rotatable bonds is 9. The molecule has 4 rings (SSSR count). The first kappa shape index (κ1) is 24.3. The summed E-state index contributed by atoms with van der Waals surface area (Å²) in [5, 5.41) is 11.5. The van der Waals surface area contributed by atoms with Crippen molar-refractivity contribution in [3.8, 4) is 11.5 Å². The highest BCUT2D eigenvalue weighted by molar-refractivity contribution is 6.46. The van der Waals surface area contributed by atoms with Crippen molar-refractivity contribution in [2.75, 3.05) is 20.3 Å². The van der Waals surface area contributed by atoms with Crippen LogP contribution < -0.4 is 9.47 Å². The molecule has 1 fully saturated rings. The minimum absolute atomic E-state index is 0.00566. The summed E-state index contributed by atoms with van der Waals surface area (Å²) in [6.07, 6.45) is 5.82. The van der Waals surface area contributed by atoms with E-state index in [4.69, 9.17) is 21.1 Å². The topological polar surface area (TPSA) is 93.9 Å². The number of carbonyl (C=O) groups is 2. The number of Topliss-reactive ketones (excluding diaryl/α,β-unsaturated/α-hetero) is 1. The molecule has 1 amide bonds. The van der Waals surface area contributed by atoms with Crippen LogP contribution in [0, 0.1) is 0 Å². The summed E-state index contributed by atoms with van der Waals surface area (Å²) in [7, 11) is 1.54. The zero-order valence-electron chi connectivity index (χ0n) is 19.5. The number of carbonyl (C=O) groups excluding carboxylic acids is 2. The zero-order valence-corrected chi connectivity index (χ0v) is 20.2. The molecule has 182 valence electrons. The zero-order chi connectivity index (χ0) is 24.9. The molecule has 0 unspecified atom stereocenters. The van der Waals surface area contributed by atoms with Crippen molar-refractivity contribution < 1.29 is 24.2 Å². The average Bonchev–Trinajstić information content (AvgIpc) is 3.47. The molecule has 0 saturated carbocycles. The van der Waals surface area contributed by atoms with Crippen molar-refractivity contribution in [3.05, 3.63) is 82.9 Å². The number of aromatic nitrogens is 2. The van der Waals surface area contributed by atoms with Gasteiger partial charge in [-0.3, -0.25) is 9.59 Å². The first-order chi connectivity index (χ1) is 16.9. The molecule has 0 radical (unpaired) electrons. The van der Waals surface area contributed by atoms with Gasteiger partial charge in [0.15, 0.2) is 0 Å². The largest absolute Gasteiger partial charge is 0.507 e. The Morgan fingerprint density at radius 2 is 2.00 bits per heavy atom. The van der Waals surface area contributed by atoms with E-state index in [1.54, 1.807) is 56.0 Å². The van der Waals surface area contributed by atoms with Crippen LogP contribution in [0.3, 0.4) is 0 Å². The molecule has 1 atom stereocenters. The van der Waals surface area contributed by atoms with Gasteiger partial charge in [0, 0.05) is 31.0 Å². The normalized spacial score (nSPS) is 17.1. The molecule has 1 aliphatic rings. The Balaban J connectivity index is 1.75. The monoisotopic (exact) mass is 495 g/mol. The number of ketones is 1. The van der Waals surface area contributed by atoms with E-state index in [9.17, 15) is 14.7 Å². The minimum Gasteiger partial charge on any atom is -0.507 e. The molecule has 1 aromatic heterocycles. The SMILES string of the molecule is CCOc1ccc(/C(O)=C2\C(=O)C(=O)N(CCCn3ccnc3)[C@@H]2c2cccc(OC)c2)cc1Cl. The number of amides is 1. The fraction of sp³-hybridized carbons (Fsp3) is 0.269. The summed E-state index contributed by atoms with van der Waals surface area (Å²) in [5.41, 5.74) is 0.985. The first-order valence-corrected chi connectivity index (χ1v) is 11.6. The van der Waals surface area contributed by atoms with Gasteiger partial charge in [-0.2, -0.15) is 0 Å². The molecular weight excluding hydrogens is 470 g/mol. The summed E-state index contributed by atoms with van der Waals surface area (Å²) in [4.78, 5) is 31.8. The van der Waals surface area contributed by atoms with Crippen LogP contribution in [0.25, 0.3) is 5.76 Å². The number of halogens is 1. The number of ether oxygens (including phenoxy) is 2. The number of imidazole rings is 1. The van der Waals surface area contributed by atoms with Crippen LogP contribution in [0.4, 0.5) is 0 Å². The third-order valence-electron chi connectivity index (χ3n) is 5.83. The van der Waals surface area contributed by atoms with Crippen LogP contribution >= 0.6 is 11.6 Å². The Bertz CT molecular complexity index is 1260. The molecule has 35 heavy (non-hydrogen) atoms. The smallest absolute Gasteiger partial charge is 0.295 e. The number of nitrogens with zero attached hydrogens (tertiary/aromatic N) is 3. The van der Waals surface area contributed by atoms with Gasteiger partial charge in [-0.25, -0.2) is 4.98 Å². The van der Waals surface area contributed by atoms with E-state index >= 15 is 0 Å². The van der Waals surface area contributed by atoms with Crippen molar-refractivity contribution in [2.24, 2.45) is 0 Å². The lowest BCUT2D eigenvalue weighted by Crippen LogP contribution is -2.31. The van der Waals surface area contributed by atoms with Crippen molar-refractivity contribution in [1.29, 1.82) is 0 Å². The molecule has 1 N–H and O–H groups in total. The van der Waals surface area contributed by atoms with Crippen molar-refractivity contribution in [2.45, 2.75) is 25.9 Å². The van der Waals surface area contributed by atoms with Gasteiger partial charge in [0.2, 0.25) is 0 Å². The molecule has 8 nitrogen and oxygen atoms in total. The molecule has 0 bridgehead atoms. The molecule has 1 aliphatic heterocycles. The summed E-state index contributed by atoms with van der Waals surface area (Å²) >= 11 is 6.32. The second kappa shape index (κ2) is 10.7. The second-order valence-corrected chi connectivity index (χ2v) is 8.41. The fourth-order valence-corrected chi connectivity index (χ4v) is 4.42. The fourth-order valence-electron chi connectivity index (χ4n) is 4.19. The Morgan fingerprint density at radius 1 is 1.17 bits per heavy atom. The van der Waals surface area contributed by atoms with Crippen LogP contribution in [0.15, 0.2) is 66.8 Å². The van der Waals surface area contributed by atoms with Crippen LogP contribution in [-0.4, -0.2) is 51.5 Å². The maximum absolute atomic E-state index is 13.2. The lowest BCUT2D eigenvalue weighted by atomic mass is 9.95. The van der Waals surface area contributed by atoms with Gasteiger partial charge in [-0.15, -0.1) is 0 Å². The number of hydrogen-bond acceptors (Lipinski definition) is 6. The summed E-state index contributed by atoms with van der Waals surface area (Å²) in [6.45, 7) is 3.21. The highest BCUT2D eigenvalue weighted by Gasteiger charge is 2.46. The third kappa shape index (κ3) is 5.02. The Labute approximate surface area is 208 Å². The lowest BCUT2D eigenvalue weighted by Gasteiger charge is -2.25. The quantitative estimate of drug-likeness (QED) is 0.268. The molecule has 2 heterocycles. The number of benzene rings is 2. The lowest BCUT2D eigenvalue weighted by molar-refractivity contribution is -0.139. The molecule has 3 aromatic rings. The highest BCUT2D eigenvalue weighted by atomic mass is 35.5. The van der Waals surface area contributed by atoms with Crippen molar-refractivity contribution in [3.63, 3.8) is 0 Å². The van der Waals surface area contributed by atoms with Gasteiger partial charge in [0.25, 0.3) is 11.7 Å². The van der Waals surface area contributed by atoms with E-state index in [-0.39, 0.29) is 11.3 Å². The Kier molecular flexibility index (Phi) is 7.41. The Hall–Kier alpha value is -3.78. The van der Waals surface area contributed by atoms with E-state index in [1.807, 2.05) is 17.7 Å². The number of aliphatic hydroxyl groups excluding tert-OH is 1. The van der Waals surface area contributed by atoms with E-state index in [0.29, 0.717) is 53.8 Å². The number of aliphatic hydroxyl groups is 1. The van der Waals surface area contributed by atoms with Gasteiger partial charge in [-0.1, -0.05) is 23.7 Å². The molecular formula is C26H26ClN3O5. The number of hydrogen-bond donors (Lipinski definition) is 1. The van der Waals surface area contributed by atoms with E-state index in [2.05, 4.69) is 4.98 Å². The average molecular weight is 496 g/mol. The summed E-state index contributed by atoms with van der Waals surface area (Å²) in [6, 6.07) is 11.1. The van der Waals surface area contributed by atoms with E-state index in [0.717, 1.165) is 0 Å². The van der Waals surface area contributed by atoms with E-state index < -0.39 is 17.7 Å². The number of likely N-dealkylation sites (tertiary alicyclic amines) is 1. The Morgan fingerprint density at radius 3 is 2.69 bits per heavy atom.